The molecule has 1 aliphatic rings. The van der Waals surface area contributed by atoms with Gasteiger partial charge in [-0.3, -0.25) is 14.3 Å². The number of nitrogens with two attached hydrogens (primary N) is 1. The van der Waals surface area contributed by atoms with Crippen molar-refractivity contribution in [2.24, 2.45) is 5.73 Å². The van der Waals surface area contributed by atoms with Gasteiger partial charge in [0.15, 0.2) is 0 Å². The van der Waals surface area contributed by atoms with E-state index in [1.165, 1.54) is 42.2 Å². The summed E-state index contributed by atoms with van der Waals surface area (Å²) in [5, 5.41) is 9.91. The number of alkyl halides is 2. The maximum absolute atomic E-state index is 13.0. The Kier molecular flexibility index (Phi) is 8.66. The van der Waals surface area contributed by atoms with Crippen LogP contribution in [0.1, 0.15) is 0 Å². The first-order valence-electron chi connectivity index (χ1n) is 10.5. The van der Waals surface area contributed by atoms with Crippen molar-refractivity contribution in [3.05, 3.63) is 53.5 Å². The lowest BCUT2D eigenvalue weighted by molar-refractivity contribution is -0.136. The third-order valence-electron chi connectivity index (χ3n) is 5.09. The lowest BCUT2D eigenvalue weighted by atomic mass is 10.1. The average molecular weight is 511 g/mol. The van der Waals surface area contributed by atoms with Gasteiger partial charge in [-0.2, -0.15) is 13.9 Å². The van der Waals surface area contributed by atoms with Gasteiger partial charge in [-0.1, -0.05) is 24.3 Å². The summed E-state index contributed by atoms with van der Waals surface area (Å²) in [6, 6.07) is 4.02. The van der Waals surface area contributed by atoms with Crippen molar-refractivity contribution in [1.29, 1.82) is 0 Å². The summed E-state index contributed by atoms with van der Waals surface area (Å²) >= 11 is 6.10. The highest BCUT2D eigenvalue weighted by Crippen LogP contribution is 2.37. The van der Waals surface area contributed by atoms with Crippen LogP contribution >= 0.6 is 11.6 Å². The SMILES string of the molecule is C=C/C(C(=O)Nc1cn(CC(=O)N2CCOCC2)nc1-c1cc(Cl)ccc1OC(F)F)=C(\N)NC. The van der Waals surface area contributed by atoms with Crippen LogP contribution in [0.3, 0.4) is 0 Å². The molecule has 10 nitrogen and oxygen atoms in total. The van der Waals surface area contributed by atoms with Crippen LogP contribution < -0.4 is 21.1 Å². The van der Waals surface area contributed by atoms with E-state index in [0.717, 1.165) is 0 Å². The molecule has 35 heavy (non-hydrogen) atoms. The van der Waals surface area contributed by atoms with Crippen LogP contribution in [0.15, 0.2) is 48.4 Å². The van der Waals surface area contributed by atoms with Crippen LogP contribution in [-0.4, -0.2) is 66.5 Å². The Hall–Kier alpha value is -3.64. The summed E-state index contributed by atoms with van der Waals surface area (Å²) in [6.45, 7) is 2.06. The summed E-state index contributed by atoms with van der Waals surface area (Å²) in [7, 11) is 1.53. The third-order valence-corrected chi connectivity index (χ3v) is 5.33. The number of nitrogens with zero attached hydrogens (tertiary/aromatic N) is 3. The summed E-state index contributed by atoms with van der Waals surface area (Å²) in [6.07, 6.45) is 2.67. The van der Waals surface area contributed by atoms with Gasteiger partial charge in [0.25, 0.3) is 5.91 Å². The van der Waals surface area contributed by atoms with Crippen LogP contribution in [-0.2, 0) is 20.9 Å². The van der Waals surface area contributed by atoms with E-state index in [9.17, 15) is 18.4 Å². The summed E-state index contributed by atoms with van der Waals surface area (Å²) < 4.78 is 37.3. The van der Waals surface area contributed by atoms with Crippen LogP contribution in [0, 0.1) is 0 Å². The molecule has 2 heterocycles. The molecule has 13 heteroatoms. The van der Waals surface area contributed by atoms with E-state index in [-0.39, 0.29) is 51.6 Å². The highest BCUT2D eigenvalue weighted by Gasteiger charge is 2.23. The van der Waals surface area contributed by atoms with Gasteiger partial charge >= 0.3 is 6.61 Å². The summed E-state index contributed by atoms with van der Waals surface area (Å²) in [5.41, 5.74) is 6.15. The molecule has 0 spiro atoms. The monoisotopic (exact) mass is 510 g/mol. The maximum atomic E-state index is 13.0. The predicted molar refractivity (Wildman–Crippen MR) is 126 cm³/mol. The van der Waals surface area contributed by atoms with E-state index in [1.54, 1.807) is 4.90 Å². The van der Waals surface area contributed by atoms with Crippen LogP contribution in [0.2, 0.25) is 5.02 Å². The fourth-order valence-electron chi connectivity index (χ4n) is 3.38. The molecule has 0 radical (unpaired) electrons. The molecule has 4 N–H and O–H groups in total. The lowest BCUT2D eigenvalue weighted by Crippen LogP contribution is -2.42. The number of hydrogen-bond acceptors (Lipinski definition) is 7. The highest BCUT2D eigenvalue weighted by atomic mass is 35.5. The van der Waals surface area contributed by atoms with Gasteiger partial charge in [0.05, 0.1) is 24.5 Å². The number of anilines is 1. The Bertz CT molecular complexity index is 1130. The third kappa shape index (κ3) is 6.49. The Labute approximate surface area is 205 Å². The second-order valence-electron chi connectivity index (χ2n) is 7.34. The Morgan fingerprint density at radius 1 is 1.37 bits per heavy atom. The highest BCUT2D eigenvalue weighted by molar-refractivity contribution is 6.31. The van der Waals surface area contributed by atoms with Crippen molar-refractivity contribution in [1.82, 2.24) is 20.0 Å². The summed E-state index contributed by atoms with van der Waals surface area (Å²) in [4.78, 5) is 27.2. The quantitative estimate of drug-likeness (QED) is 0.349. The topological polar surface area (TPSA) is 124 Å². The molecule has 188 valence electrons. The standard InChI is InChI=1S/C22H25ClF2N6O4/c1-3-14(20(26)27-2)21(33)28-16-11-31(12-18(32)30-6-8-34-9-7-30)29-19(16)15-10-13(23)4-5-17(15)35-22(24)25/h3-5,10-11,22,27H,1,6-9,12,26H2,2H3,(H,28,33)/b20-14-. The predicted octanol–water partition coefficient (Wildman–Crippen LogP) is 2.18. The molecule has 1 aliphatic heterocycles. The molecule has 0 unspecified atom stereocenters. The van der Waals surface area contributed by atoms with E-state index >= 15 is 0 Å². The molecule has 0 saturated carbocycles. The minimum Gasteiger partial charge on any atom is -0.434 e. The molecular weight excluding hydrogens is 486 g/mol. The number of halogens is 3. The Morgan fingerprint density at radius 2 is 2.09 bits per heavy atom. The molecule has 1 aromatic carbocycles. The molecule has 1 saturated heterocycles. The number of benzene rings is 1. The van der Waals surface area contributed by atoms with Gasteiger partial charge in [0, 0.05) is 36.9 Å². The zero-order valence-corrected chi connectivity index (χ0v) is 19.6. The first kappa shape index (κ1) is 26.0. The Morgan fingerprint density at radius 3 is 2.71 bits per heavy atom. The first-order chi connectivity index (χ1) is 16.7. The van der Waals surface area contributed by atoms with Gasteiger partial charge in [-0.15, -0.1) is 0 Å². The average Bonchev–Trinajstić information content (AvgIpc) is 3.22. The van der Waals surface area contributed by atoms with Crippen molar-refractivity contribution in [2.75, 3.05) is 38.7 Å². The van der Waals surface area contributed by atoms with Gasteiger partial charge in [0.2, 0.25) is 5.91 Å². The van der Waals surface area contributed by atoms with E-state index < -0.39 is 12.5 Å². The largest absolute Gasteiger partial charge is 0.434 e. The van der Waals surface area contributed by atoms with Crippen molar-refractivity contribution in [3.8, 4) is 17.0 Å². The Balaban J connectivity index is 2.02. The molecule has 0 atom stereocenters. The van der Waals surface area contributed by atoms with Crippen LogP contribution in [0.25, 0.3) is 11.3 Å². The van der Waals surface area contributed by atoms with Gasteiger partial charge in [-0.25, -0.2) is 0 Å². The number of hydrogen-bond donors (Lipinski definition) is 3. The van der Waals surface area contributed by atoms with E-state index in [2.05, 4.69) is 27.0 Å². The molecule has 3 rings (SSSR count). The maximum Gasteiger partial charge on any atom is 0.387 e. The smallest absolute Gasteiger partial charge is 0.387 e. The number of rotatable bonds is 9. The molecule has 0 bridgehead atoms. The molecule has 1 fully saturated rings. The summed E-state index contributed by atoms with van der Waals surface area (Å²) in [5.74, 6) is -0.996. The van der Waals surface area contributed by atoms with Gasteiger partial charge < -0.3 is 30.7 Å². The second-order valence-corrected chi connectivity index (χ2v) is 7.77. The number of morpholine rings is 1. The van der Waals surface area contributed by atoms with Crippen LogP contribution in [0.5, 0.6) is 5.75 Å². The second kappa shape index (κ2) is 11.7. The molecular formula is C22H25ClF2N6O4. The lowest BCUT2D eigenvalue weighted by Gasteiger charge is -2.26. The first-order valence-corrected chi connectivity index (χ1v) is 10.9. The molecule has 2 amide bonds. The minimum atomic E-state index is -3.11. The van der Waals surface area contributed by atoms with E-state index in [4.69, 9.17) is 22.1 Å². The number of amides is 2. The van der Waals surface area contributed by atoms with Gasteiger partial charge in [-0.05, 0) is 18.2 Å². The van der Waals surface area contributed by atoms with Crippen molar-refractivity contribution in [3.63, 3.8) is 0 Å². The number of carbonyl (C=O) groups excluding carboxylic acids is 2. The van der Waals surface area contributed by atoms with Crippen molar-refractivity contribution in [2.45, 2.75) is 13.2 Å². The minimum absolute atomic E-state index is 0.0470. The normalized spacial score (nSPS) is 14.4. The fourth-order valence-corrected chi connectivity index (χ4v) is 3.55. The molecule has 2 aromatic rings. The van der Waals surface area contributed by atoms with Crippen molar-refractivity contribution < 1.29 is 27.8 Å². The molecule has 1 aromatic heterocycles. The van der Waals surface area contributed by atoms with Gasteiger partial charge in [0.1, 0.15) is 23.8 Å². The molecule has 0 aliphatic carbocycles. The zero-order chi connectivity index (χ0) is 25.5. The number of aromatic nitrogens is 2. The number of carbonyl (C=O) groups is 2. The van der Waals surface area contributed by atoms with Crippen molar-refractivity contribution >= 4 is 29.1 Å². The van der Waals surface area contributed by atoms with E-state index in [0.29, 0.717) is 26.3 Å². The number of nitrogens with one attached hydrogen (secondary N) is 2. The zero-order valence-electron chi connectivity index (χ0n) is 18.9. The van der Waals surface area contributed by atoms with E-state index in [1.807, 2.05) is 0 Å². The van der Waals surface area contributed by atoms with Crippen LogP contribution in [0.4, 0.5) is 14.5 Å². The fraction of sp³-hybridized carbons (Fsp3) is 0.318. The number of ether oxygens (including phenoxy) is 2.